The van der Waals surface area contributed by atoms with Gasteiger partial charge in [0.2, 0.25) is 0 Å². The van der Waals surface area contributed by atoms with Gasteiger partial charge in [0.1, 0.15) is 72.6 Å². The molecule has 11 N–H and O–H groups in total. The van der Waals surface area contributed by atoms with Crippen LogP contribution in [0.25, 0.3) is 0 Å². The fourth-order valence-corrected chi connectivity index (χ4v) is 15.7. The summed E-state index contributed by atoms with van der Waals surface area (Å²) in [5.74, 6) is -1.96. The zero-order valence-corrected chi connectivity index (χ0v) is 45.7. The highest BCUT2D eigenvalue weighted by Crippen LogP contribution is 2.76. The summed E-state index contributed by atoms with van der Waals surface area (Å²) in [6.45, 7) is 20.9. The van der Waals surface area contributed by atoms with Gasteiger partial charge in [-0.05, 0) is 111 Å². The topological polar surface area (TPSA) is 321 Å². The van der Waals surface area contributed by atoms with E-state index in [1.54, 1.807) is 19.9 Å². The molecule has 20 heteroatoms. The van der Waals surface area contributed by atoms with Gasteiger partial charge < -0.3 is 89.3 Å². The Labute approximate surface area is 446 Å². The van der Waals surface area contributed by atoms with Crippen molar-refractivity contribution in [3.63, 3.8) is 0 Å². The molecule has 3 saturated heterocycles. The Morgan fingerprint density at radius 1 is 0.776 bits per heavy atom. The van der Waals surface area contributed by atoms with Gasteiger partial charge in [-0.2, -0.15) is 0 Å². The Balaban J connectivity index is 0.965. The van der Waals surface area contributed by atoms with E-state index in [0.717, 1.165) is 24.8 Å². The minimum absolute atomic E-state index is 0.0432. The van der Waals surface area contributed by atoms with Gasteiger partial charge in [-0.25, -0.2) is 4.79 Å². The number of hydrogen-bond donors (Lipinski definition) is 11. The summed E-state index contributed by atoms with van der Waals surface area (Å²) in [6, 6.07) is 0. The molecular weight excluding hydrogens is 993 g/mol. The SMILES string of the molecule is C=CC(C)(O)CC/C=C(\C)C(=O)OC1CC2(C(=O)O)C(O)CC3(C)C(=CCC4C5(C)CCC(OC6OC(COC7OCC(O)C(O)C7OC7OCC(O)C(O)C7O)C(O)C(O)C6O)C(C)(C)C5CCC43C)C2CC1(C)C. The van der Waals surface area contributed by atoms with Crippen LogP contribution < -0.4 is 0 Å². The van der Waals surface area contributed by atoms with Gasteiger partial charge in [0.25, 0.3) is 0 Å². The molecule has 8 rings (SSSR count). The maximum Gasteiger partial charge on any atom is 0.333 e. The molecule has 5 aliphatic carbocycles. The summed E-state index contributed by atoms with van der Waals surface area (Å²) in [5.41, 5.74) is -3.61. The van der Waals surface area contributed by atoms with E-state index in [-0.39, 0.29) is 42.1 Å². The van der Waals surface area contributed by atoms with Crippen molar-refractivity contribution in [2.45, 2.75) is 230 Å². The molecule has 24 unspecified atom stereocenters. The van der Waals surface area contributed by atoms with Crippen molar-refractivity contribution in [2.75, 3.05) is 19.8 Å². The van der Waals surface area contributed by atoms with E-state index in [2.05, 4.69) is 47.3 Å². The predicted octanol–water partition coefficient (Wildman–Crippen LogP) is 2.14. The Kier molecular flexibility index (Phi) is 16.8. The predicted molar refractivity (Wildman–Crippen MR) is 269 cm³/mol. The molecule has 0 amide bonds. The summed E-state index contributed by atoms with van der Waals surface area (Å²) in [5, 5.41) is 120. The van der Waals surface area contributed by atoms with Crippen LogP contribution in [-0.4, -0.2) is 192 Å². The monoisotopic (exact) mass is 1080 g/mol. The molecule has 76 heavy (non-hydrogen) atoms. The highest BCUT2D eigenvalue weighted by Gasteiger charge is 2.73. The summed E-state index contributed by atoms with van der Waals surface area (Å²) in [4.78, 5) is 27.4. The van der Waals surface area contributed by atoms with Gasteiger partial charge in [-0.1, -0.05) is 72.3 Å². The molecule has 0 radical (unpaired) electrons. The number of esters is 1. The van der Waals surface area contributed by atoms with Crippen molar-refractivity contribution in [1.82, 2.24) is 0 Å². The van der Waals surface area contributed by atoms with Crippen LogP contribution in [0.1, 0.15) is 127 Å². The number of rotatable bonds is 14. The standard InChI is InChI=1S/C56H88O20/c1-11-52(7,69)18-12-13-27(2)45(66)74-37-23-56(49(67)68)29(21-50(37,3)4)28-14-15-34-53(8)19-17-36(51(5,6)33(53)16-20-54(34,9)55(28,10)22-35(56)59)75-47-43(65)41(63)40(62)32(73-47)26-72-48-44(39(61)31(58)25-71-48)76-46-42(64)38(60)30(57)24-70-46/h11,13-14,29-44,46-48,57-65,69H,1,12,15-26H2,2-10H3,(H,67,68)/b27-13+. The van der Waals surface area contributed by atoms with Crippen LogP contribution in [0.4, 0.5) is 0 Å². The Bertz CT molecular complexity index is 2200. The summed E-state index contributed by atoms with van der Waals surface area (Å²) in [6.07, 6.45) is -12.2. The third-order valence-electron chi connectivity index (χ3n) is 20.9. The normalized spacial score (nSPS) is 48.9. The van der Waals surface area contributed by atoms with E-state index in [9.17, 15) is 65.8 Å². The summed E-state index contributed by atoms with van der Waals surface area (Å²) >= 11 is 0. The first-order valence-electron chi connectivity index (χ1n) is 27.4. The van der Waals surface area contributed by atoms with Crippen molar-refractivity contribution in [3.8, 4) is 0 Å². The smallest absolute Gasteiger partial charge is 0.333 e. The van der Waals surface area contributed by atoms with E-state index in [4.69, 9.17) is 33.2 Å². The van der Waals surface area contributed by atoms with E-state index in [1.165, 1.54) is 6.08 Å². The number of aliphatic hydroxyl groups is 10. The van der Waals surface area contributed by atoms with Crippen LogP contribution in [0.3, 0.4) is 0 Å². The van der Waals surface area contributed by atoms with Crippen molar-refractivity contribution in [2.24, 2.45) is 50.2 Å². The van der Waals surface area contributed by atoms with Crippen LogP contribution in [0.5, 0.6) is 0 Å². The number of allylic oxidation sites excluding steroid dienone is 3. The van der Waals surface area contributed by atoms with Crippen molar-refractivity contribution >= 4 is 11.9 Å². The number of carboxylic acids is 1. The molecule has 3 aliphatic heterocycles. The summed E-state index contributed by atoms with van der Waals surface area (Å²) in [7, 11) is 0. The maximum atomic E-state index is 13.8. The van der Waals surface area contributed by atoms with E-state index in [1.807, 2.05) is 13.8 Å². The van der Waals surface area contributed by atoms with Crippen molar-refractivity contribution < 1.29 is 98.9 Å². The minimum atomic E-state index is -1.73. The molecule has 4 saturated carbocycles. The van der Waals surface area contributed by atoms with Crippen LogP contribution in [-0.2, 0) is 42.7 Å². The molecule has 3 heterocycles. The van der Waals surface area contributed by atoms with E-state index in [0.29, 0.717) is 37.7 Å². The fourth-order valence-electron chi connectivity index (χ4n) is 15.7. The van der Waals surface area contributed by atoms with Crippen molar-refractivity contribution in [3.05, 3.63) is 36.0 Å². The highest BCUT2D eigenvalue weighted by atomic mass is 16.8. The maximum absolute atomic E-state index is 13.8. The van der Waals surface area contributed by atoms with E-state index >= 15 is 0 Å². The van der Waals surface area contributed by atoms with Crippen LogP contribution in [0.15, 0.2) is 36.0 Å². The first kappa shape index (κ1) is 59.6. The first-order chi connectivity index (χ1) is 35.3. The lowest BCUT2D eigenvalue weighted by Gasteiger charge is -2.72. The van der Waals surface area contributed by atoms with E-state index < -0.39 is 157 Å². The lowest BCUT2D eigenvalue weighted by Crippen LogP contribution is -2.69. The van der Waals surface area contributed by atoms with Crippen LogP contribution >= 0.6 is 0 Å². The quantitative estimate of drug-likeness (QED) is 0.0514. The van der Waals surface area contributed by atoms with Gasteiger partial charge in [0.05, 0.1) is 37.6 Å². The third-order valence-corrected chi connectivity index (χ3v) is 20.9. The molecular formula is C56H88O20. The second-order valence-corrected chi connectivity index (χ2v) is 26.1. The average molecular weight is 1080 g/mol. The molecule has 432 valence electrons. The Morgan fingerprint density at radius 3 is 2.08 bits per heavy atom. The number of aliphatic hydroxyl groups excluding tert-OH is 9. The molecule has 0 bridgehead atoms. The molecule has 7 fully saturated rings. The van der Waals surface area contributed by atoms with Gasteiger partial charge in [0, 0.05) is 17.4 Å². The molecule has 20 nitrogen and oxygen atoms in total. The molecule has 24 atom stereocenters. The lowest BCUT2D eigenvalue weighted by molar-refractivity contribution is -0.357. The number of hydrogen-bond acceptors (Lipinski definition) is 19. The van der Waals surface area contributed by atoms with Gasteiger partial charge in [-0.3, -0.25) is 4.79 Å². The molecule has 0 spiro atoms. The third kappa shape index (κ3) is 10.1. The highest BCUT2D eigenvalue weighted by molar-refractivity contribution is 5.88. The van der Waals surface area contributed by atoms with Gasteiger partial charge in [-0.15, -0.1) is 6.58 Å². The van der Waals surface area contributed by atoms with Gasteiger partial charge >= 0.3 is 11.9 Å². The summed E-state index contributed by atoms with van der Waals surface area (Å²) < 4.78 is 41.7. The molecule has 0 aromatic carbocycles. The number of carbonyl (C=O) groups is 2. The van der Waals surface area contributed by atoms with Gasteiger partial charge in [0.15, 0.2) is 18.9 Å². The number of carboxylic acid groups (broad SMARTS) is 1. The second-order valence-electron chi connectivity index (χ2n) is 26.1. The fraction of sp³-hybridized carbons (Fsp3) is 0.857. The Morgan fingerprint density at radius 2 is 1.42 bits per heavy atom. The number of carbonyl (C=O) groups excluding carboxylic acids is 1. The van der Waals surface area contributed by atoms with Crippen LogP contribution in [0, 0.1) is 50.2 Å². The second kappa shape index (κ2) is 21.4. The zero-order chi connectivity index (χ0) is 56.0. The lowest BCUT2D eigenvalue weighted by atomic mass is 9.33. The largest absolute Gasteiger partial charge is 0.481 e. The Hall–Kier alpha value is -2.48. The molecule has 8 aliphatic rings. The number of fused-ring (bicyclic) bond motifs is 7. The number of aliphatic carboxylic acids is 1. The molecule has 0 aromatic heterocycles. The van der Waals surface area contributed by atoms with Crippen LogP contribution in [0.2, 0.25) is 0 Å². The zero-order valence-electron chi connectivity index (χ0n) is 45.7. The number of ether oxygens (including phenoxy) is 7. The first-order valence-corrected chi connectivity index (χ1v) is 27.4. The minimum Gasteiger partial charge on any atom is -0.481 e. The molecule has 0 aromatic rings. The average Bonchev–Trinajstić information content (AvgIpc) is 3.34. The van der Waals surface area contributed by atoms with Crippen molar-refractivity contribution in [1.29, 1.82) is 0 Å².